The molecule has 0 amide bonds. The first-order valence-corrected chi connectivity index (χ1v) is 6.24. The molecule has 6 heteroatoms. The molecule has 0 spiro atoms. The van der Waals surface area contributed by atoms with Crippen LogP contribution in [0.4, 0.5) is 0 Å². The first-order chi connectivity index (χ1) is 8.90. The molecule has 0 saturated heterocycles. The Morgan fingerprint density at radius 1 is 1.42 bits per heavy atom. The zero-order valence-electron chi connectivity index (χ0n) is 10.9. The minimum Gasteiger partial charge on any atom is -0.478 e. The van der Waals surface area contributed by atoms with Crippen LogP contribution in [0.15, 0.2) is 18.2 Å². The molecule has 1 N–H and O–H groups in total. The molecule has 0 radical (unpaired) electrons. The van der Waals surface area contributed by atoms with E-state index in [-0.39, 0.29) is 16.5 Å². The van der Waals surface area contributed by atoms with Crippen molar-refractivity contribution < 1.29 is 9.90 Å². The smallest absolute Gasteiger partial charge is 0.337 e. The molecule has 0 fully saturated rings. The fourth-order valence-corrected chi connectivity index (χ4v) is 1.91. The maximum atomic E-state index is 11.1. The van der Waals surface area contributed by atoms with E-state index in [4.69, 9.17) is 16.7 Å². The van der Waals surface area contributed by atoms with Gasteiger partial charge in [-0.25, -0.2) is 14.5 Å². The summed E-state index contributed by atoms with van der Waals surface area (Å²) in [5.74, 6) is 0.589. The van der Waals surface area contributed by atoms with E-state index < -0.39 is 5.97 Å². The highest BCUT2D eigenvalue weighted by molar-refractivity contribution is 6.33. The summed E-state index contributed by atoms with van der Waals surface area (Å²) in [5, 5.41) is 13.7. The van der Waals surface area contributed by atoms with Crippen LogP contribution >= 0.6 is 11.6 Å². The molecule has 2 aromatic rings. The molecule has 5 nitrogen and oxygen atoms in total. The Morgan fingerprint density at radius 3 is 2.63 bits per heavy atom. The molecule has 0 unspecified atom stereocenters. The standard InChI is InChI=1S/C13H14ClN3O2/c1-7(2)12-15-8(3)17(16-12)9-4-5-11(14)10(6-9)13(18)19/h4-7H,1-3H3,(H,18,19). The average molecular weight is 280 g/mol. The van der Waals surface area contributed by atoms with Crippen molar-refractivity contribution in [2.24, 2.45) is 0 Å². The highest BCUT2D eigenvalue weighted by atomic mass is 35.5. The van der Waals surface area contributed by atoms with Gasteiger partial charge in [0.1, 0.15) is 5.82 Å². The van der Waals surface area contributed by atoms with Crippen molar-refractivity contribution >= 4 is 17.6 Å². The third-order valence-electron chi connectivity index (χ3n) is 2.73. The molecule has 2 rings (SSSR count). The summed E-state index contributed by atoms with van der Waals surface area (Å²) in [6.07, 6.45) is 0. The van der Waals surface area contributed by atoms with Crippen molar-refractivity contribution in [3.05, 3.63) is 40.4 Å². The number of carbonyl (C=O) groups is 1. The van der Waals surface area contributed by atoms with Gasteiger partial charge in [-0.1, -0.05) is 25.4 Å². The van der Waals surface area contributed by atoms with Gasteiger partial charge in [-0.15, -0.1) is 0 Å². The van der Waals surface area contributed by atoms with E-state index in [1.54, 1.807) is 16.8 Å². The summed E-state index contributed by atoms with van der Waals surface area (Å²) < 4.78 is 1.62. The molecule has 1 aromatic carbocycles. The first kappa shape index (κ1) is 13.5. The Morgan fingerprint density at radius 2 is 2.11 bits per heavy atom. The number of aryl methyl sites for hydroxylation is 1. The fourth-order valence-electron chi connectivity index (χ4n) is 1.71. The number of hydrogen-bond donors (Lipinski definition) is 1. The van der Waals surface area contributed by atoms with Crippen LogP contribution in [-0.2, 0) is 0 Å². The van der Waals surface area contributed by atoms with Gasteiger partial charge in [0.25, 0.3) is 0 Å². The quantitative estimate of drug-likeness (QED) is 0.937. The highest BCUT2D eigenvalue weighted by Gasteiger charge is 2.14. The Kier molecular flexibility index (Phi) is 3.57. The van der Waals surface area contributed by atoms with Crippen molar-refractivity contribution in [1.29, 1.82) is 0 Å². The predicted octanol–water partition coefficient (Wildman–Crippen LogP) is 3.05. The van der Waals surface area contributed by atoms with Crippen LogP contribution in [-0.4, -0.2) is 25.8 Å². The zero-order valence-corrected chi connectivity index (χ0v) is 11.6. The van der Waals surface area contributed by atoms with E-state index in [0.29, 0.717) is 11.5 Å². The molecule has 19 heavy (non-hydrogen) atoms. The summed E-state index contributed by atoms with van der Waals surface area (Å²) in [4.78, 5) is 15.4. The van der Waals surface area contributed by atoms with E-state index in [2.05, 4.69) is 10.1 Å². The molecule has 0 atom stereocenters. The molecule has 1 heterocycles. The average Bonchev–Trinajstić information content (AvgIpc) is 2.72. The summed E-state index contributed by atoms with van der Waals surface area (Å²) in [7, 11) is 0. The van der Waals surface area contributed by atoms with Crippen molar-refractivity contribution in [3.63, 3.8) is 0 Å². The van der Waals surface area contributed by atoms with Crippen LogP contribution < -0.4 is 0 Å². The molecule has 0 aliphatic heterocycles. The second-order valence-electron chi connectivity index (χ2n) is 4.55. The number of aromatic nitrogens is 3. The van der Waals surface area contributed by atoms with Crippen molar-refractivity contribution in [2.75, 3.05) is 0 Å². The van der Waals surface area contributed by atoms with E-state index in [9.17, 15) is 4.79 Å². The number of carboxylic acids is 1. The topological polar surface area (TPSA) is 68.0 Å². The maximum absolute atomic E-state index is 11.1. The molecule has 0 saturated carbocycles. The third kappa shape index (κ3) is 2.61. The van der Waals surface area contributed by atoms with Gasteiger partial charge in [-0.3, -0.25) is 0 Å². The first-order valence-electron chi connectivity index (χ1n) is 5.87. The lowest BCUT2D eigenvalue weighted by Crippen LogP contribution is -2.04. The number of rotatable bonds is 3. The molecule has 0 aliphatic rings. The lowest BCUT2D eigenvalue weighted by molar-refractivity contribution is 0.0697. The van der Waals surface area contributed by atoms with Crippen LogP contribution in [0.1, 0.15) is 41.8 Å². The zero-order chi connectivity index (χ0) is 14.2. The minimum absolute atomic E-state index is 0.0557. The van der Waals surface area contributed by atoms with Crippen LogP contribution in [0.25, 0.3) is 5.69 Å². The van der Waals surface area contributed by atoms with Gasteiger partial charge in [-0.2, -0.15) is 5.10 Å². The maximum Gasteiger partial charge on any atom is 0.337 e. The largest absolute Gasteiger partial charge is 0.478 e. The fraction of sp³-hybridized carbons (Fsp3) is 0.308. The predicted molar refractivity (Wildman–Crippen MR) is 72.2 cm³/mol. The lowest BCUT2D eigenvalue weighted by Gasteiger charge is -2.05. The van der Waals surface area contributed by atoms with Crippen LogP contribution in [0.2, 0.25) is 5.02 Å². The Balaban J connectivity index is 2.53. The number of aromatic carboxylic acids is 1. The number of hydrogen-bond acceptors (Lipinski definition) is 3. The van der Waals surface area contributed by atoms with E-state index in [1.165, 1.54) is 6.07 Å². The molecule has 1 aromatic heterocycles. The second kappa shape index (κ2) is 5.01. The Labute approximate surface area is 115 Å². The van der Waals surface area contributed by atoms with Crippen molar-refractivity contribution in [1.82, 2.24) is 14.8 Å². The number of nitrogens with zero attached hydrogens (tertiary/aromatic N) is 3. The molecular formula is C13H14ClN3O2. The summed E-state index contributed by atoms with van der Waals surface area (Å²) in [5.41, 5.74) is 0.693. The van der Waals surface area contributed by atoms with Gasteiger partial charge in [-0.05, 0) is 25.1 Å². The Bertz CT molecular complexity index is 635. The van der Waals surface area contributed by atoms with E-state index in [0.717, 1.165) is 5.82 Å². The molecule has 0 bridgehead atoms. The minimum atomic E-state index is -1.06. The summed E-state index contributed by atoms with van der Waals surface area (Å²) in [6, 6.07) is 4.77. The molecule has 0 aliphatic carbocycles. The van der Waals surface area contributed by atoms with Gasteiger partial charge in [0.15, 0.2) is 5.82 Å². The van der Waals surface area contributed by atoms with Crippen LogP contribution in [0.3, 0.4) is 0 Å². The normalized spacial score (nSPS) is 11.0. The van der Waals surface area contributed by atoms with Crippen molar-refractivity contribution in [2.45, 2.75) is 26.7 Å². The van der Waals surface area contributed by atoms with Crippen LogP contribution in [0, 0.1) is 6.92 Å². The van der Waals surface area contributed by atoms with Gasteiger partial charge < -0.3 is 5.11 Å². The van der Waals surface area contributed by atoms with Gasteiger partial charge >= 0.3 is 5.97 Å². The monoisotopic (exact) mass is 279 g/mol. The van der Waals surface area contributed by atoms with E-state index in [1.807, 2.05) is 20.8 Å². The highest BCUT2D eigenvalue weighted by Crippen LogP contribution is 2.21. The van der Waals surface area contributed by atoms with Crippen molar-refractivity contribution in [3.8, 4) is 5.69 Å². The summed E-state index contributed by atoms with van der Waals surface area (Å²) >= 11 is 5.85. The third-order valence-corrected chi connectivity index (χ3v) is 3.06. The Hall–Kier alpha value is -1.88. The number of benzene rings is 1. The molecule has 100 valence electrons. The number of carboxylic acid groups (broad SMARTS) is 1. The second-order valence-corrected chi connectivity index (χ2v) is 4.96. The SMILES string of the molecule is Cc1nc(C(C)C)nn1-c1ccc(Cl)c(C(=O)O)c1. The molecular weight excluding hydrogens is 266 g/mol. The number of halogens is 1. The van der Waals surface area contributed by atoms with Gasteiger partial charge in [0, 0.05) is 5.92 Å². The van der Waals surface area contributed by atoms with Crippen LogP contribution in [0.5, 0.6) is 0 Å². The van der Waals surface area contributed by atoms with Gasteiger partial charge in [0.2, 0.25) is 0 Å². The summed E-state index contributed by atoms with van der Waals surface area (Å²) in [6.45, 7) is 5.83. The lowest BCUT2D eigenvalue weighted by atomic mass is 10.2. The van der Waals surface area contributed by atoms with E-state index >= 15 is 0 Å². The van der Waals surface area contributed by atoms with Gasteiger partial charge in [0.05, 0.1) is 16.3 Å².